The van der Waals surface area contributed by atoms with Crippen LogP contribution >= 0.6 is 0 Å². The number of hydrogen-bond acceptors (Lipinski definition) is 2. The van der Waals surface area contributed by atoms with E-state index < -0.39 is 0 Å². The van der Waals surface area contributed by atoms with E-state index in [0.29, 0.717) is 12.0 Å². The fourth-order valence-electron chi connectivity index (χ4n) is 4.89. The van der Waals surface area contributed by atoms with Crippen molar-refractivity contribution in [2.24, 2.45) is 5.92 Å². The van der Waals surface area contributed by atoms with Gasteiger partial charge in [0.1, 0.15) is 6.54 Å². The van der Waals surface area contributed by atoms with Crippen molar-refractivity contribution in [3.63, 3.8) is 0 Å². The van der Waals surface area contributed by atoms with Crippen LogP contribution in [0.4, 0.5) is 0 Å². The first-order chi connectivity index (χ1) is 14.0. The molecule has 29 heavy (non-hydrogen) atoms. The molecule has 0 amide bonds. The highest BCUT2D eigenvalue weighted by Crippen LogP contribution is 2.40. The van der Waals surface area contributed by atoms with Gasteiger partial charge in [-0.25, -0.2) is 4.99 Å². The molecule has 156 valence electrons. The van der Waals surface area contributed by atoms with Gasteiger partial charge in [-0.2, -0.15) is 0 Å². The summed E-state index contributed by atoms with van der Waals surface area (Å²) >= 11 is 0. The first kappa shape index (κ1) is 21.4. The van der Waals surface area contributed by atoms with Crippen molar-refractivity contribution in [1.82, 2.24) is 0 Å². The van der Waals surface area contributed by atoms with Gasteiger partial charge in [-0.3, -0.25) is 0 Å². The highest BCUT2D eigenvalue weighted by molar-refractivity contribution is 5.76. The molecule has 2 aromatic carbocycles. The number of rotatable bonds is 7. The zero-order valence-electron chi connectivity index (χ0n) is 18.5. The SMILES string of the molecule is COc1ccc(C=[NH+]CCC2(c3ccccc3)CC(C)[NH+](C)CC2C)cc1OC. The molecule has 2 N–H and O–H groups in total. The van der Waals surface area contributed by atoms with E-state index in [1.54, 1.807) is 19.1 Å². The second-order valence-corrected chi connectivity index (χ2v) is 8.54. The molecule has 1 aliphatic heterocycles. The number of likely N-dealkylation sites (tertiary alicyclic amines) is 1. The zero-order valence-corrected chi connectivity index (χ0v) is 18.5. The van der Waals surface area contributed by atoms with Gasteiger partial charge in [-0.05, 0) is 30.7 Å². The van der Waals surface area contributed by atoms with Crippen LogP contribution in [0, 0.1) is 5.92 Å². The number of hydrogen-bond donors (Lipinski definition) is 2. The van der Waals surface area contributed by atoms with Crippen molar-refractivity contribution in [1.29, 1.82) is 0 Å². The van der Waals surface area contributed by atoms with Crippen LogP contribution in [0.15, 0.2) is 48.5 Å². The summed E-state index contributed by atoms with van der Waals surface area (Å²) in [6, 6.07) is 17.8. The fraction of sp³-hybridized carbons (Fsp3) is 0.480. The molecule has 1 fully saturated rings. The van der Waals surface area contributed by atoms with Crippen molar-refractivity contribution in [3.8, 4) is 11.5 Å². The lowest BCUT2D eigenvalue weighted by Crippen LogP contribution is -3.15. The predicted molar refractivity (Wildman–Crippen MR) is 118 cm³/mol. The molecular weight excluding hydrogens is 360 g/mol. The number of quaternary nitrogens is 1. The van der Waals surface area contributed by atoms with Crippen LogP contribution in [0.3, 0.4) is 0 Å². The Bertz CT molecular complexity index is 821. The van der Waals surface area contributed by atoms with E-state index >= 15 is 0 Å². The standard InChI is InChI=1S/C25H34N2O2/c1-19-18-27(3)20(2)16-25(19,22-9-7-6-8-10-22)13-14-26-17-21-11-12-23(28-4)24(15-21)29-5/h6-12,15,17,19-20H,13-14,16,18H2,1-5H3/p+2. The summed E-state index contributed by atoms with van der Waals surface area (Å²) in [7, 11) is 5.66. The van der Waals surface area contributed by atoms with Gasteiger partial charge < -0.3 is 14.4 Å². The van der Waals surface area contributed by atoms with E-state index in [1.165, 1.54) is 18.5 Å². The summed E-state index contributed by atoms with van der Waals surface area (Å²) in [5, 5.41) is 0. The lowest BCUT2D eigenvalue weighted by molar-refractivity contribution is -0.915. The van der Waals surface area contributed by atoms with Crippen molar-refractivity contribution in [3.05, 3.63) is 59.7 Å². The summed E-state index contributed by atoms with van der Waals surface area (Å²) in [5.41, 5.74) is 2.80. The first-order valence-corrected chi connectivity index (χ1v) is 10.7. The molecule has 3 rings (SSSR count). The first-order valence-electron chi connectivity index (χ1n) is 10.7. The third-order valence-electron chi connectivity index (χ3n) is 6.82. The van der Waals surface area contributed by atoms with Crippen LogP contribution in [0.5, 0.6) is 11.5 Å². The highest BCUT2D eigenvalue weighted by Gasteiger charge is 2.46. The predicted octanol–water partition coefficient (Wildman–Crippen LogP) is 1.47. The van der Waals surface area contributed by atoms with Gasteiger partial charge in [0, 0.05) is 29.7 Å². The Balaban J connectivity index is 1.77. The van der Waals surface area contributed by atoms with Crippen molar-refractivity contribution >= 4 is 6.21 Å². The topological polar surface area (TPSA) is 36.9 Å². The number of piperidine rings is 1. The van der Waals surface area contributed by atoms with Gasteiger partial charge in [0.15, 0.2) is 17.7 Å². The van der Waals surface area contributed by atoms with Crippen LogP contribution < -0.4 is 19.4 Å². The molecule has 0 radical (unpaired) electrons. The highest BCUT2D eigenvalue weighted by atomic mass is 16.5. The Labute approximate surface area is 175 Å². The van der Waals surface area contributed by atoms with E-state index in [4.69, 9.17) is 9.47 Å². The summed E-state index contributed by atoms with van der Waals surface area (Å²) in [6.07, 6.45) is 4.43. The Kier molecular flexibility index (Phi) is 6.96. The Morgan fingerprint density at radius 3 is 2.48 bits per heavy atom. The number of ether oxygens (including phenoxy) is 2. The largest absolute Gasteiger partial charge is 0.493 e. The monoisotopic (exact) mass is 396 g/mol. The Morgan fingerprint density at radius 2 is 1.79 bits per heavy atom. The minimum absolute atomic E-state index is 0.221. The van der Waals surface area contributed by atoms with Crippen LogP contribution in [0.25, 0.3) is 0 Å². The molecular formula is C25H36N2O2+2. The van der Waals surface area contributed by atoms with Crippen molar-refractivity contribution in [2.45, 2.75) is 38.1 Å². The maximum atomic E-state index is 5.41. The van der Waals surface area contributed by atoms with Gasteiger partial charge in [-0.15, -0.1) is 0 Å². The quantitative estimate of drug-likeness (QED) is 0.696. The number of nitrogens with one attached hydrogen (secondary N) is 2. The maximum absolute atomic E-state index is 5.41. The van der Waals surface area contributed by atoms with Crippen LogP contribution in [-0.2, 0) is 5.41 Å². The smallest absolute Gasteiger partial charge is 0.169 e. The summed E-state index contributed by atoms with van der Waals surface area (Å²) in [4.78, 5) is 5.20. The van der Waals surface area contributed by atoms with Gasteiger partial charge in [0.25, 0.3) is 0 Å². The normalized spacial score (nSPS) is 27.1. The summed E-state index contributed by atoms with van der Waals surface area (Å²) in [6.45, 7) is 6.98. The number of methoxy groups -OCH3 is 2. The molecule has 1 saturated heterocycles. The Morgan fingerprint density at radius 1 is 1.07 bits per heavy atom. The van der Waals surface area contributed by atoms with Gasteiger partial charge in [0.05, 0.1) is 33.9 Å². The third kappa shape index (κ3) is 4.64. The summed E-state index contributed by atoms with van der Waals surface area (Å²) in [5.74, 6) is 2.15. The van der Waals surface area contributed by atoms with Gasteiger partial charge in [0.2, 0.25) is 0 Å². The maximum Gasteiger partial charge on any atom is 0.169 e. The molecule has 4 atom stereocenters. The minimum atomic E-state index is 0.221. The molecule has 1 heterocycles. The molecule has 1 aliphatic rings. The van der Waals surface area contributed by atoms with Crippen LogP contribution in [-0.4, -0.2) is 46.6 Å². The lowest BCUT2D eigenvalue weighted by Gasteiger charge is -2.46. The van der Waals surface area contributed by atoms with E-state index in [2.05, 4.69) is 62.4 Å². The molecule has 4 unspecified atom stereocenters. The molecule has 0 spiro atoms. The van der Waals surface area contributed by atoms with E-state index in [-0.39, 0.29) is 5.41 Å². The van der Waals surface area contributed by atoms with Gasteiger partial charge >= 0.3 is 0 Å². The molecule has 0 bridgehead atoms. The van der Waals surface area contributed by atoms with Crippen LogP contribution in [0.2, 0.25) is 0 Å². The van der Waals surface area contributed by atoms with Crippen molar-refractivity contribution in [2.75, 3.05) is 34.4 Å². The fourth-order valence-corrected chi connectivity index (χ4v) is 4.89. The molecule has 4 nitrogen and oxygen atoms in total. The van der Waals surface area contributed by atoms with Crippen LogP contribution in [0.1, 0.15) is 37.8 Å². The van der Waals surface area contributed by atoms with Gasteiger partial charge in [-0.1, -0.05) is 37.3 Å². The molecule has 0 saturated carbocycles. The Hall–Kier alpha value is -2.33. The molecule has 0 aliphatic carbocycles. The number of benzene rings is 2. The molecule has 2 aromatic rings. The van der Waals surface area contributed by atoms with Crippen molar-refractivity contribution < 1.29 is 19.4 Å². The zero-order chi connectivity index (χ0) is 20.9. The molecule has 0 aromatic heterocycles. The average molecular weight is 397 g/mol. The second kappa shape index (κ2) is 9.45. The van der Waals surface area contributed by atoms with E-state index in [9.17, 15) is 0 Å². The lowest BCUT2D eigenvalue weighted by atomic mass is 9.63. The minimum Gasteiger partial charge on any atom is -0.493 e. The molecule has 4 heteroatoms. The average Bonchev–Trinajstić information content (AvgIpc) is 2.75. The second-order valence-electron chi connectivity index (χ2n) is 8.54. The van der Waals surface area contributed by atoms with E-state index in [1.807, 2.05) is 18.2 Å². The summed E-state index contributed by atoms with van der Waals surface area (Å²) < 4.78 is 10.7. The van der Waals surface area contributed by atoms with E-state index in [0.717, 1.165) is 30.0 Å². The third-order valence-corrected chi connectivity index (χ3v) is 6.82.